The largest absolute Gasteiger partial charge is 0.481 e. The van der Waals surface area contributed by atoms with Crippen LogP contribution >= 0.6 is 11.8 Å². The number of carbonyl (C=O) groups is 2. The maximum absolute atomic E-state index is 11.8. The van der Waals surface area contributed by atoms with Gasteiger partial charge in [0.15, 0.2) is 0 Å². The molecule has 6 heteroatoms. The van der Waals surface area contributed by atoms with Gasteiger partial charge in [0.2, 0.25) is 0 Å². The summed E-state index contributed by atoms with van der Waals surface area (Å²) in [4.78, 5) is 24.6. The summed E-state index contributed by atoms with van der Waals surface area (Å²) in [7, 11) is 1.71. The van der Waals surface area contributed by atoms with Crippen LogP contribution in [0, 0.1) is 5.41 Å². The topological polar surface area (TPSA) is 69.6 Å². The predicted octanol–water partition coefficient (Wildman–Crippen LogP) is 1.88. The van der Waals surface area contributed by atoms with E-state index in [4.69, 9.17) is 0 Å². The first-order valence-electron chi connectivity index (χ1n) is 6.14. The summed E-state index contributed by atoms with van der Waals surface area (Å²) in [6, 6.07) is -0.212. The van der Waals surface area contributed by atoms with Gasteiger partial charge in [0.05, 0.1) is 5.41 Å². The lowest BCUT2D eigenvalue weighted by Crippen LogP contribution is -2.46. The summed E-state index contributed by atoms with van der Waals surface area (Å²) < 4.78 is 0. The molecule has 0 spiro atoms. The summed E-state index contributed by atoms with van der Waals surface area (Å²) in [6.07, 6.45) is 3.00. The molecule has 0 rings (SSSR count). The number of hydrogen-bond acceptors (Lipinski definition) is 3. The molecule has 0 fully saturated rings. The SMILES string of the molecule is CCC(CC)(CNC(=O)N(C)CCSC)C(=O)O. The van der Waals surface area contributed by atoms with Crippen LogP contribution in [-0.4, -0.2) is 54.2 Å². The monoisotopic (exact) mass is 276 g/mol. The molecule has 0 bridgehead atoms. The van der Waals surface area contributed by atoms with Crippen LogP contribution in [0.4, 0.5) is 4.79 Å². The molecule has 0 unspecified atom stereocenters. The standard InChI is InChI=1S/C12H24N2O3S/c1-5-12(6-2,10(15)16)9-13-11(17)14(3)7-8-18-4/h5-9H2,1-4H3,(H,13,17)(H,15,16). The predicted molar refractivity (Wildman–Crippen MR) is 75.1 cm³/mol. The third-order valence-corrected chi connectivity index (χ3v) is 3.95. The van der Waals surface area contributed by atoms with Crippen molar-refractivity contribution in [3.05, 3.63) is 0 Å². The van der Waals surface area contributed by atoms with Crippen molar-refractivity contribution < 1.29 is 14.7 Å². The quantitative estimate of drug-likeness (QED) is 0.710. The number of urea groups is 1. The van der Waals surface area contributed by atoms with E-state index < -0.39 is 11.4 Å². The molecule has 0 heterocycles. The van der Waals surface area contributed by atoms with E-state index in [1.54, 1.807) is 23.7 Å². The molecule has 0 aromatic heterocycles. The minimum absolute atomic E-state index is 0.178. The normalized spacial score (nSPS) is 11.1. The minimum atomic E-state index is -0.851. The second kappa shape index (κ2) is 8.24. The van der Waals surface area contributed by atoms with Crippen LogP contribution in [0.2, 0.25) is 0 Å². The van der Waals surface area contributed by atoms with Crippen molar-refractivity contribution in [1.29, 1.82) is 0 Å². The van der Waals surface area contributed by atoms with Crippen LogP contribution in [0.15, 0.2) is 0 Å². The third-order valence-electron chi connectivity index (χ3n) is 3.36. The number of rotatable bonds is 8. The van der Waals surface area contributed by atoms with E-state index in [0.29, 0.717) is 19.4 Å². The van der Waals surface area contributed by atoms with Crippen molar-refractivity contribution in [2.24, 2.45) is 5.41 Å². The van der Waals surface area contributed by atoms with Crippen molar-refractivity contribution in [2.45, 2.75) is 26.7 Å². The molecule has 0 atom stereocenters. The zero-order chi connectivity index (χ0) is 14.2. The fraction of sp³-hybridized carbons (Fsp3) is 0.833. The number of carbonyl (C=O) groups excluding carboxylic acids is 1. The van der Waals surface area contributed by atoms with E-state index in [1.807, 2.05) is 20.1 Å². The lowest BCUT2D eigenvalue weighted by Gasteiger charge is -2.28. The van der Waals surface area contributed by atoms with E-state index in [-0.39, 0.29) is 12.6 Å². The van der Waals surface area contributed by atoms with Gasteiger partial charge >= 0.3 is 12.0 Å². The Labute approximate surface area is 113 Å². The van der Waals surface area contributed by atoms with Gasteiger partial charge in [0.1, 0.15) is 0 Å². The molecule has 0 aliphatic rings. The second-order valence-electron chi connectivity index (χ2n) is 4.37. The van der Waals surface area contributed by atoms with Crippen LogP contribution in [0.25, 0.3) is 0 Å². The first kappa shape index (κ1) is 17.1. The zero-order valence-electron chi connectivity index (χ0n) is 11.7. The molecule has 0 saturated carbocycles. The summed E-state index contributed by atoms with van der Waals surface area (Å²) in [5.41, 5.74) is -0.851. The smallest absolute Gasteiger partial charge is 0.317 e. The zero-order valence-corrected chi connectivity index (χ0v) is 12.5. The number of thioether (sulfide) groups is 1. The van der Waals surface area contributed by atoms with Crippen LogP contribution in [0.5, 0.6) is 0 Å². The average molecular weight is 276 g/mol. The van der Waals surface area contributed by atoms with Crippen LogP contribution in [-0.2, 0) is 4.79 Å². The Morgan fingerprint density at radius 2 is 1.89 bits per heavy atom. The molecule has 2 amide bonds. The van der Waals surface area contributed by atoms with E-state index in [9.17, 15) is 14.7 Å². The van der Waals surface area contributed by atoms with Crippen LogP contribution in [0.3, 0.4) is 0 Å². The van der Waals surface area contributed by atoms with Gasteiger partial charge in [-0.3, -0.25) is 4.79 Å². The van der Waals surface area contributed by atoms with Crippen molar-refractivity contribution in [1.82, 2.24) is 10.2 Å². The molecule has 2 N–H and O–H groups in total. The van der Waals surface area contributed by atoms with Crippen molar-refractivity contribution >= 4 is 23.8 Å². The fourth-order valence-corrected chi connectivity index (χ4v) is 2.04. The summed E-state index contributed by atoms with van der Waals surface area (Å²) in [6.45, 7) is 4.51. The molecule has 0 aromatic rings. The summed E-state index contributed by atoms with van der Waals surface area (Å²) in [5.74, 6) is 0.0230. The molecule has 0 aliphatic carbocycles. The highest BCUT2D eigenvalue weighted by atomic mass is 32.2. The minimum Gasteiger partial charge on any atom is -0.481 e. The Balaban J connectivity index is 4.36. The Morgan fingerprint density at radius 1 is 1.33 bits per heavy atom. The third kappa shape index (κ3) is 4.76. The van der Waals surface area contributed by atoms with Gasteiger partial charge in [-0.1, -0.05) is 13.8 Å². The van der Waals surface area contributed by atoms with Gasteiger partial charge in [-0.15, -0.1) is 0 Å². The van der Waals surface area contributed by atoms with E-state index in [2.05, 4.69) is 5.32 Å². The molecule has 18 heavy (non-hydrogen) atoms. The molecule has 0 saturated heterocycles. The van der Waals surface area contributed by atoms with Gasteiger partial charge in [0.25, 0.3) is 0 Å². The molecule has 5 nitrogen and oxygen atoms in total. The first-order chi connectivity index (χ1) is 8.43. The number of nitrogens with one attached hydrogen (secondary N) is 1. The maximum Gasteiger partial charge on any atom is 0.317 e. The molecular formula is C12H24N2O3S. The lowest BCUT2D eigenvalue weighted by molar-refractivity contribution is -0.149. The van der Waals surface area contributed by atoms with Crippen molar-refractivity contribution in [3.63, 3.8) is 0 Å². The Bertz CT molecular complexity index is 280. The van der Waals surface area contributed by atoms with E-state index >= 15 is 0 Å². The number of carboxylic acid groups (broad SMARTS) is 1. The molecule has 0 radical (unpaired) electrons. The Morgan fingerprint density at radius 3 is 2.28 bits per heavy atom. The first-order valence-corrected chi connectivity index (χ1v) is 7.54. The highest BCUT2D eigenvalue weighted by Gasteiger charge is 2.35. The molecule has 106 valence electrons. The molecule has 0 aliphatic heterocycles. The van der Waals surface area contributed by atoms with Gasteiger partial charge in [-0.2, -0.15) is 11.8 Å². The number of hydrogen-bond donors (Lipinski definition) is 2. The van der Waals surface area contributed by atoms with Crippen molar-refractivity contribution in [3.8, 4) is 0 Å². The number of nitrogens with zero attached hydrogens (tertiary/aromatic N) is 1. The number of amides is 2. The summed E-state index contributed by atoms with van der Waals surface area (Å²) >= 11 is 1.67. The average Bonchev–Trinajstić information content (AvgIpc) is 2.36. The second-order valence-corrected chi connectivity index (χ2v) is 5.35. The Hall–Kier alpha value is -0.910. The maximum atomic E-state index is 11.8. The number of aliphatic carboxylic acids is 1. The van der Waals surface area contributed by atoms with Crippen LogP contribution < -0.4 is 5.32 Å². The van der Waals surface area contributed by atoms with Gasteiger partial charge in [-0.25, -0.2) is 4.79 Å². The van der Waals surface area contributed by atoms with Gasteiger partial charge in [-0.05, 0) is 19.1 Å². The highest BCUT2D eigenvalue weighted by molar-refractivity contribution is 7.98. The molecule has 0 aromatic carbocycles. The fourth-order valence-electron chi connectivity index (χ4n) is 1.59. The van der Waals surface area contributed by atoms with Crippen LogP contribution in [0.1, 0.15) is 26.7 Å². The Kier molecular flexibility index (Phi) is 7.82. The summed E-state index contributed by atoms with van der Waals surface area (Å²) in [5, 5.41) is 12.0. The number of carboxylic acids is 1. The lowest BCUT2D eigenvalue weighted by atomic mass is 9.82. The highest BCUT2D eigenvalue weighted by Crippen LogP contribution is 2.25. The molecular weight excluding hydrogens is 252 g/mol. The van der Waals surface area contributed by atoms with E-state index in [0.717, 1.165) is 5.75 Å². The van der Waals surface area contributed by atoms with Gasteiger partial charge in [0, 0.05) is 25.9 Å². The van der Waals surface area contributed by atoms with Gasteiger partial charge < -0.3 is 15.3 Å². The van der Waals surface area contributed by atoms with E-state index in [1.165, 1.54) is 0 Å². The van der Waals surface area contributed by atoms with Crippen molar-refractivity contribution in [2.75, 3.05) is 32.1 Å².